The minimum absolute atomic E-state index is 0.130. The minimum Gasteiger partial charge on any atom is -0.494 e. The van der Waals surface area contributed by atoms with Crippen molar-refractivity contribution in [2.75, 3.05) is 11.9 Å². The van der Waals surface area contributed by atoms with Gasteiger partial charge in [-0.15, -0.1) is 0 Å². The lowest BCUT2D eigenvalue weighted by atomic mass is 10.1. The predicted octanol–water partition coefficient (Wildman–Crippen LogP) is 3.00. The predicted molar refractivity (Wildman–Crippen MR) is 85.2 cm³/mol. The monoisotopic (exact) mass is 297 g/mol. The average molecular weight is 297 g/mol. The Labute approximate surface area is 129 Å². The Morgan fingerprint density at radius 1 is 1.27 bits per heavy atom. The topological polar surface area (TPSA) is 64.3 Å². The SMILES string of the molecule is CCOc1ccc([C@H](C)Nc2cc(C)nc3ncnn23)cc1. The molecule has 0 fully saturated rings. The van der Waals surface area contributed by atoms with Crippen molar-refractivity contribution < 1.29 is 4.74 Å². The van der Waals surface area contributed by atoms with Gasteiger partial charge in [0.1, 0.15) is 17.9 Å². The summed E-state index contributed by atoms with van der Waals surface area (Å²) < 4.78 is 7.18. The zero-order valence-electron chi connectivity index (χ0n) is 12.9. The fraction of sp³-hybridized carbons (Fsp3) is 0.312. The van der Waals surface area contributed by atoms with E-state index in [1.165, 1.54) is 11.9 Å². The van der Waals surface area contributed by atoms with Gasteiger partial charge in [-0.25, -0.2) is 4.98 Å². The lowest BCUT2D eigenvalue weighted by molar-refractivity contribution is 0.340. The van der Waals surface area contributed by atoms with Gasteiger partial charge in [0.25, 0.3) is 5.78 Å². The molecule has 0 saturated carbocycles. The van der Waals surface area contributed by atoms with Gasteiger partial charge in [0, 0.05) is 17.8 Å². The molecule has 0 unspecified atom stereocenters. The first kappa shape index (κ1) is 14.3. The van der Waals surface area contributed by atoms with E-state index in [9.17, 15) is 0 Å². The molecule has 6 heteroatoms. The van der Waals surface area contributed by atoms with E-state index >= 15 is 0 Å². The van der Waals surface area contributed by atoms with Gasteiger partial charge < -0.3 is 10.1 Å². The Balaban J connectivity index is 1.83. The third-order valence-electron chi connectivity index (χ3n) is 3.44. The normalized spacial score (nSPS) is 12.3. The highest BCUT2D eigenvalue weighted by Crippen LogP contribution is 2.22. The standard InChI is InChI=1S/C16H19N5O/c1-4-22-14-7-5-13(6-8-14)12(3)20-15-9-11(2)19-16-17-10-18-21(15)16/h5-10,12,20H,4H2,1-3H3/t12-/m0/s1. The van der Waals surface area contributed by atoms with E-state index in [2.05, 4.69) is 39.4 Å². The van der Waals surface area contributed by atoms with Gasteiger partial charge >= 0.3 is 0 Å². The van der Waals surface area contributed by atoms with E-state index in [0.717, 1.165) is 17.3 Å². The number of nitrogens with zero attached hydrogens (tertiary/aromatic N) is 4. The van der Waals surface area contributed by atoms with E-state index in [4.69, 9.17) is 4.74 Å². The number of benzene rings is 1. The molecule has 0 spiro atoms. The molecule has 1 aromatic carbocycles. The maximum atomic E-state index is 5.47. The van der Waals surface area contributed by atoms with Crippen LogP contribution in [0.3, 0.4) is 0 Å². The maximum Gasteiger partial charge on any atom is 0.254 e. The number of nitrogens with one attached hydrogen (secondary N) is 1. The molecule has 3 aromatic rings. The third kappa shape index (κ3) is 2.86. The van der Waals surface area contributed by atoms with Crippen LogP contribution in [0.5, 0.6) is 5.75 Å². The molecule has 1 atom stereocenters. The average Bonchev–Trinajstić information content (AvgIpc) is 2.96. The number of anilines is 1. The van der Waals surface area contributed by atoms with Crippen LogP contribution in [0.15, 0.2) is 36.7 Å². The Morgan fingerprint density at radius 2 is 2.05 bits per heavy atom. The first-order chi connectivity index (χ1) is 10.7. The smallest absolute Gasteiger partial charge is 0.254 e. The van der Waals surface area contributed by atoms with Crippen LogP contribution in [0, 0.1) is 6.92 Å². The highest BCUT2D eigenvalue weighted by molar-refractivity contribution is 5.46. The number of hydrogen-bond donors (Lipinski definition) is 1. The molecule has 0 bridgehead atoms. The number of hydrogen-bond acceptors (Lipinski definition) is 5. The second-order valence-electron chi connectivity index (χ2n) is 5.12. The summed E-state index contributed by atoms with van der Waals surface area (Å²) in [5.41, 5.74) is 2.08. The van der Waals surface area contributed by atoms with Crippen molar-refractivity contribution in [3.63, 3.8) is 0 Å². The molecule has 22 heavy (non-hydrogen) atoms. The van der Waals surface area contributed by atoms with Crippen LogP contribution in [0.25, 0.3) is 5.78 Å². The molecule has 0 amide bonds. The van der Waals surface area contributed by atoms with Gasteiger partial charge in [-0.3, -0.25) is 0 Å². The molecule has 0 radical (unpaired) electrons. The van der Waals surface area contributed by atoms with Crippen LogP contribution in [0.4, 0.5) is 5.82 Å². The molecule has 2 heterocycles. The van der Waals surface area contributed by atoms with Crippen LogP contribution >= 0.6 is 0 Å². The van der Waals surface area contributed by atoms with Crippen molar-refractivity contribution in [2.45, 2.75) is 26.8 Å². The molecular formula is C16H19N5O. The summed E-state index contributed by atoms with van der Waals surface area (Å²) in [6.07, 6.45) is 1.51. The van der Waals surface area contributed by atoms with Crippen molar-refractivity contribution in [3.8, 4) is 5.75 Å². The van der Waals surface area contributed by atoms with Crippen molar-refractivity contribution in [2.24, 2.45) is 0 Å². The maximum absolute atomic E-state index is 5.47. The minimum atomic E-state index is 0.130. The molecule has 0 aliphatic carbocycles. The highest BCUT2D eigenvalue weighted by Gasteiger charge is 2.10. The zero-order chi connectivity index (χ0) is 15.5. The second kappa shape index (κ2) is 6.01. The fourth-order valence-electron chi connectivity index (χ4n) is 2.36. The molecule has 0 aliphatic rings. The Morgan fingerprint density at radius 3 is 2.77 bits per heavy atom. The van der Waals surface area contributed by atoms with Crippen LogP contribution in [-0.4, -0.2) is 26.2 Å². The third-order valence-corrected chi connectivity index (χ3v) is 3.44. The van der Waals surface area contributed by atoms with E-state index in [-0.39, 0.29) is 6.04 Å². The summed E-state index contributed by atoms with van der Waals surface area (Å²) >= 11 is 0. The molecule has 1 N–H and O–H groups in total. The summed E-state index contributed by atoms with van der Waals surface area (Å²) in [5.74, 6) is 2.36. The number of aryl methyl sites for hydroxylation is 1. The highest BCUT2D eigenvalue weighted by atomic mass is 16.5. The largest absolute Gasteiger partial charge is 0.494 e. The Bertz CT molecular complexity index is 766. The molecule has 114 valence electrons. The summed E-state index contributed by atoms with van der Waals surface area (Å²) in [6, 6.07) is 10.2. The van der Waals surface area contributed by atoms with Crippen LogP contribution in [0.1, 0.15) is 31.1 Å². The van der Waals surface area contributed by atoms with Gasteiger partial charge in [0.05, 0.1) is 6.61 Å². The van der Waals surface area contributed by atoms with Crippen molar-refractivity contribution in [3.05, 3.63) is 47.9 Å². The lowest BCUT2D eigenvalue weighted by Gasteiger charge is -2.17. The Kier molecular flexibility index (Phi) is 3.91. The number of ether oxygens (including phenoxy) is 1. The van der Waals surface area contributed by atoms with Crippen LogP contribution < -0.4 is 10.1 Å². The molecule has 6 nitrogen and oxygen atoms in total. The summed E-state index contributed by atoms with van der Waals surface area (Å²) in [5, 5.41) is 7.66. The van der Waals surface area contributed by atoms with Gasteiger partial charge in [-0.1, -0.05) is 12.1 Å². The number of aromatic nitrogens is 4. The van der Waals surface area contributed by atoms with E-state index in [0.29, 0.717) is 12.4 Å². The van der Waals surface area contributed by atoms with Gasteiger partial charge in [-0.05, 0) is 38.5 Å². The van der Waals surface area contributed by atoms with Crippen LogP contribution in [-0.2, 0) is 0 Å². The number of rotatable bonds is 5. The van der Waals surface area contributed by atoms with Crippen molar-refractivity contribution in [1.29, 1.82) is 0 Å². The fourth-order valence-corrected chi connectivity index (χ4v) is 2.36. The van der Waals surface area contributed by atoms with Crippen molar-refractivity contribution >= 4 is 11.6 Å². The first-order valence-corrected chi connectivity index (χ1v) is 7.34. The van der Waals surface area contributed by atoms with Gasteiger partial charge in [0.2, 0.25) is 0 Å². The summed E-state index contributed by atoms with van der Waals surface area (Å²) in [4.78, 5) is 8.48. The van der Waals surface area contributed by atoms with Crippen LogP contribution in [0.2, 0.25) is 0 Å². The van der Waals surface area contributed by atoms with Gasteiger partial charge in [0.15, 0.2) is 0 Å². The molecule has 3 rings (SSSR count). The first-order valence-electron chi connectivity index (χ1n) is 7.34. The summed E-state index contributed by atoms with van der Waals surface area (Å²) in [6.45, 7) is 6.70. The van der Waals surface area contributed by atoms with Gasteiger partial charge in [-0.2, -0.15) is 14.6 Å². The second-order valence-corrected chi connectivity index (χ2v) is 5.12. The molecule has 0 saturated heterocycles. The molecular weight excluding hydrogens is 278 g/mol. The van der Waals surface area contributed by atoms with E-state index in [1.807, 2.05) is 32.0 Å². The van der Waals surface area contributed by atoms with E-state index in [1.54, 1.807) is 4.52 Å². The lowest BCUT2D eigenvalue weighted by Crippen LogP contribution is -2.11. The molecule has 2 aromatic heterocycles. The zero-order valence-corrected chi connectivity index (χ0v) is 12.9. The molecule has 0 aliphatic heterocycles. The van der Waals surface area contributed by atoms with Crippen molar-refractivity contribution in [1.82, 2.24) is 19.6 Å². The Hall–Kier alpha value is -2.63. The van der Waals surface area contributed by atoms with E-state index < -0.39 is 0 Å². The number of fused-ring (bicyclic) bond motifs is 1. The summed E-state index contributed by atoms with van der Waals surface area (Å²) in [7, 11) is 0. The quantitative estimate of drug-likeness (QED) is 0.784.